The average molecular weight is 673 g/mol. The van der Waals surface area contributed by atoms with Gasteiger partial charge in [0.1, 0.15) is 0 Å². The summed E-state index contributed by atoms with van der Waals surface area (Å²) >= 11 is 0. The van der Waals surface area contributed by atoms with Crippen LogP contribution < -0.4 is 14.9 Å². The molecule has 1 aromatic heterocycles. The molecule has 1 aliphatic rings. The quantitative estimate of drug-likeness (QED) is 0.116. The lowest BCUT2D eigenvalue weighted by molar-refractivity contribution is -0.137. The smallest absolute Gasteiger partial charge is 0.390 e. The molecule has 5 N–H and O–H groups in total. The van der Waals surface area contributed by atoms with Crippen molar-refractivity contribution in [1.82, 2.24) is 15.2 Å². The largest absolute Gasteiger partial charge is 0.416 e. The van der Waals surface area contributed by atoms with E-state index < -0.39 is 46.1 Å². The van der Waals surface area contributed by atoms with Crippen LogP contribution in [-0.4, -0.2) is 55.7 Å². The van der Waals surface area contributed by atoms with Crippen LogP contribution in [0.2, 0.25) is 0 Å². The van der Waals surface area contributed by atoms with Gasteiger partial charge in [0.25, 0.3) is 5.91 Å². The molecule has 1 aliphatic heterocycles. The van der Waals surface area contributed by atoms with E-state index in [2.05, 4.69) is 10.6 Å². The van der Waals surface area contributed by atoms with Crippen LogP contribution in [0.25, 0.3) is 10.9 Å². The van der Waals surface area contributed by atoms with Gasteiger partial charge in [0.05, 0.1) is 34.7 Å². The Morgan fingerprint density at radius 2 is 1.70 bits per heavy atom. The Bertz CT molecular complexity index is 1690. The summed E-state index contributed by atoms with van der Waals surface area (Å²) in [6.07, 6.45) is -1.89. The topological polar surface area (TPSA) is 110 Å². The molecule has 3 aromatic carbocycles. The number of aliphatic hydroxyl groups is 1. The molecule has 2 heterocycles. The van der Waals surface area contributed by atoms with Gasteiger partial charge in [-0.15, -0.1) is 10.8 Å². The van der Waals surface area contributed by atoms with E-state index >= 15 is 0 Å². The van der Waals surface area contributed by atoms with Crippen molar-refractivity contribution in [3.63, 3.8) is 0 Å². The lowest BCUT2D eigenvalue weighted by Gasteiger charge is -2.47. The molecular weight excluding hydrogens is 629 g/mol. The fourth-order valence-corrected chi connectivity index (χ4v) is 7.77. The highest BCUT2D eigenvalue weighted by Crippen LogP contribution is 2.51. The van der Waals surface area contributed by atoms with E-state index in [9.17, 15) is 32.2 Å². The first-order valence-corrected chi connectivity index (χ1v) is 17.5. The number of rotatable bonds is 11. The number of aliphatic hydroxyl groups excluding tert-OH is 1. The third-order valence-electron chi connectivity index (χ3n) is 8.86. The maximum atomic E-state index is 14.0. The second-order valence-electron chi connectivity index (χ2n) is 12.6. The summed E-state index contributed by atoms with van der Waals surface area (Å²) in [5, 5.41) is 18.5. The van der Waals surface area contributed by atoms with Crippen molar-refractivity contribution in [3.8, 4) is 0 Å². The molecule has 0 bridgehead atoms. The summed E-state index contributed by atoms with van der Waals surface area (Å²) in [7, 11) is -3.06. The summed E-state index contributed by atoms with van der Waals surface area (Å²) in [5.74, 6) is -0.184. The normalized spacial score (nSPS) is 17.3. The molecule has 1 fully saturated rings. The molecule has 8 nitrogen and oxygen atoms in total. The minimum absolute atomic E-state index is 0.0152. The zero-order valence-electron chi connectivity index (χ0n) is 26.8. The van der Waals surface area contributed by atoms with Crippen molar-refractivity contribution < 1.29 is 32.2 Å². The van der Waals surface area contributed by atoms with Gasteiger partial charge in [-0.1, -0.05) is 42.5 Å². The number of hydrogen-bond acceptors (Lipinski definition) is 6. The first-order chi connectivity index (χ1) is 22.2. The van der Waals surface area contributed by atoms with Gasteiger partial charge in [0, 0.05) is 42.3 Å². The van der Waals surface area contributed by atoms with Crippen molar-refractivity contribution in [1.29, 1.82) is 0 Å². The predicted octanol–water partition coefficient (Wildman–Crippen LogP) is 7.17. The number of benzene rings is 3. The Morgan fingerprint density at radius 1 is 0.979 bits per heavy atom. The van der Waals surface area contributed by atoms with Crippen molar-refractivity contribution >= 4 is 33.3 Å². The summed E-state index contributed by atoms with van der Waals surface area (Å²) in [6, 6.07) is 19.1. The Labute approximate surface area is 275 Å². The molecule has 5 rings (SSSR count). The molecule has 0 spiro atoms. The highest BCUT2D eigenvalue weighted by Gasteiger charge is 2.33. The van der Waals surface area contributed by atoms with Crippen LogP contribution >= 0.6 is 10.8 Å². The molecule has 254 valence electrons. The predicted molar refractivity (Wildman–Crippen MR) is 182 cm³/mol. The summed E-state index contributed by atoms with van der Waals surface area (Å²) in [5.41, 5.74) is 1.27. The molecule has 0 radical (unpaired) electrons. The minimum Gasteiger partial charge on any atom is -0.390 e. The van der Waals surface area contributed by atoms with E-state index in [1.807, 2.05) is 54.1 Å². The SMILES string of the molecule is CCn1ccc2c(N3CCCCS3(O)O)cc(C(=O)N[C@@H](Cc3ccccc3)[C@H](O)CNC(C)(C)c3cccc(C(F)(F)F)c3)cc21. The number of nitrogens with one attached hydrogen (secondary N) is 2. The van der Waals surface area contributed by atoms with Crippen molar-refractivity contribution in [2.75, 3.05) is 23.1 Å². The van der Waals surface area contributed by atoms with Crippen molar-refractivity contribution in [2.45, 2.75) is 70.4 Å². The Hall–Kier alpha value is -3.55. The third-order valence-corrected chi connectivity index (χ3v) is 10.8. The van der Waals surface area contributed by atoms with E-state index in [1.165, 1.54) is 6.07 Å². The van der Waals surface area contributed by atoms with Gasteiger partial charge in [0.2, 0.25) is 0 Å². The molecule has 1 saturated heterocycles. The van der Waals surface area contributed by atoms with Gasteiger partial charge >= 0.3 is 6.18 Å². The number of aromatic nitrogens is 1. The number of carbonyl (C=O) groups excluding carboxylic acids is 1. The molecule has 0 aliphatic carbocycles. The maximum Gasteiger partial charge on any atom is 0.416 e. The third kappa shape index (κ3) is 7.95. The lowest BCUT2D eigenvalue weighted by Crippen LogP contribution is -2.51. The summed E-state index contributed by atoms with van der Waals surface area (Å²) in [4.78, 5) is 14.0. The average Bonchev–Trinajstić information content (AvgIpc) is 3.46. The van der Waals surface area contributed by atoms with Crippen LogP contribution in [0.4, 0.5) is 18.9 Å². The van der Waals surface area contributed by atoms with Gasteiger partial charge in [-0.3, -0.25) is 18.2 Å². The number of alkyl halides is 3. The molecular formula is C35H43F3N4O4S. The summed E-state index contributed by atoms with van der Waals surface area (Å²) in [6.45, 7) is 6.55. The minimum atomic E-state index is -4.48. The zero-order valence-corrected chi connectivity index (χ0v) is 27.6. The molecule has 47 heavy (non-hydrogen) atoms. The first-order valence-electron chi connectivity index (χ1n) is 15.8. The van der Waals surface area contributed by atoms with E-state index in [0.717, 1.165) is 35.0 Å². The highest BCUT2D eigenvalue weighted by molar-refractivity contribution is 8.25. The van der Waals surface area contributed by atoms with Gasteiger partial charge in [-0.2, -0.15) is 13.2 Å². The fourth-order valence-electron chi connectivity index (χ4n) is 6.07. The number of carbonyl (C=O) groups is 1. The molecule has 0 saturated carbocycles. The van der Waals surface area contributed by atoms with Crippen LogP contribution in [-0.2, 0) is 24.7 Å². The monoisotopic (exact) mass is 672 g/mol. The van der Waals surface area contributed by atoms with Crippen LogP contribution in [0, 0.1) is 0 Å². The van der Waals surface area contributed by atoms with E-state index in [4.69, 9.17) is 0 Å². The second kappa shape index (κ2) is 13.9. The van der Waals surface area contributed by atoms with Crippen molar-refractivity contribution in [3.05, 3.63) is 101 Å². The van der Waals surface area contributed by atoms with Crippen LogP contribution in [0.15, 0.2) is 79.0 Å². The van der Waals surface area contributed by atoms with Crippen LogP contribution in [0.3, 0.4) is 0 Å². The van der Waals surface area contributed by atoms with Crippen LogP contribution in [0.1, 0.15) is 60.7 Å². The van der Waals surface area contributed by atoms with Crippen LogP contribution in [0.5, 0.6) is 0 Å². The molecule has 4 aromatic rings. The van der Waals surface area contributed by atoms with E-state index in [-0.39, 0.29) is 12.3 Å². The zero-order chi connectivity index (χ0) is 34.0. The number of hydrogen-bond donors (Lipinski definition) is 5. The number of halogens is 3. The van der Waals surface area contributed by atoms with Gasteiger partial charge in [0.15, 0.2) is 0 Å². The fraction of sp³-hybridized carbons (Fsp3) is 0.400. The van der Waals surface area contributed by atoms with Gasteiger partial charge in [-0.05, 0) is 81.5 Å². The first kappa shape index (κ1) is 34.8. The van der Waals surface area contributed by atoms with Gasteiger partial charge < -0.3 is 20.3 Å². The number of aryl methyl sites for hydroxylation is 1. The molecule has 1 amide bonds. The molecule has 12 heteroatoms. The number of amides is 1. The number of anilines is 1. The van der Waals surface area contributed by atoms with E-state index in [1.54, 1.807) is 36.4 Å². The molecule has 0 unspecified atom stereocenters. The van der Waals surface area contributed by atoms with E-state index in [0.29, 0.717) is 42.7 Å². The van der Waals surface area contributed by atoms with Gasteiger partial charge in [-0.25, -0.2) is 0 Å². The Kier molecular flexibility index (Phi) is 10.3. The maximum absolute atomic E-state index is 14.0. The summed E-state index contributed by atoms with van der Waals surface area (Å²) < 4.78 is 65.7. The number of fused-ring (bicyclic) bond motifs is 1. The number of nitrogens with zero attached hydrogens (tertiary/aromatic N) is 2. The Morgan fingerprint density at radius 3 is 2.38 bits per heavy atom. The second-order valence-corrected chi connectivity index (χ2v) is 14.7. The lowest BCUT2D eigenvalue weighted by atomic mass is 9.92. The highest BCUT2D eigenvalue weighted by atomic mass is 32.3. The van der Waals surface area contributed by atoms with Crippen molar-refractivity contribution in [2.24, 2.45) is 0 Å². The standard InChI is InChI=1S/C35H43F3N4O4S/c1-4-41-17-15-28-30(41)20-25(21-31(28)42-16-8-9-18-47(42,45)46)33(44)40-29(19-24-11-6-5-7-12-24)32(43)23-39-34(2,3)26-13-10-14-27(22-26)35(36,37)38/h5-7,10-15,17,20-22,29,32,39,43,45-46H,4,8-9,16,18-19,23H2,1-3H3,(H,40,44)/t29-,32+/m0/s1. The Balaban J connectivity index is 1.42. The molecule has 2 atom stereocenters.